The molecular weight excluding hydrogens is 120 g/mol. The molecule has 2 saturated carbocycles. The van der Waals surface area contributed by atoms with Gasteiger partial charge in [-0.05, 0) is 18.3 Å². The minimum Gasteiger partial charge on any atom is -0.0533 e. The Kier molecular flexibility index (Phi) is 1.97. The molecule has 2 rings (SSSR count). The van der Waals surface area contributed by atoms with Gasteiger partial charge in [0.25, 0.3) is 0 Å². The average molecular weight is 138 g/mol. The van der Waals surface area contributed by atoms with E-state index >= 15 is 0 Å². The third-order valence-electron chi connectivity index (χ3n) is 3.09. The van der Waals surface area contributed by atoms with Crippen molar-refractivity contribution in [2.45, 2.75) is 51.4 Å². The Balaban J connectivity index is 1.69. The zero-order chi connectivity index (χ0) is 6.81. The molecule has 0 aliphatic heterocycles. The van der Waals surface area contributed by atoms with Gasteiger partial charge in [-0.15, -0.1) is 0 Å². The van der Waals surface area contributed by atoms with Gasteiger partial charge in [0.2, 0.25) is 0 Å². The third kappa shape index (κ3) is 1.74. The lowest BCUT2D eigenvalue weighted by molar-refractivity contribution is 0.325. The Hall–Kier alpha value is 0. The Morgan fingerprint density at radius 3 is 1.90 bits per heavy atom. The second-order valence-electron chi connectivity index (χ2n) is 4.18. The molecule has 2 aliphatic rings. The van der Waals surface area contributed by atoms with E-state index in [0.717, 1.165) is 5.92 Å². The normalized spacial score (nSPS) is 28.8. The molecule has 0 aromatic carbocycles. The lowest BCUT2D eigenvalue weighted by Gasteiger charge is -2.20. The maximum atomic E-state index is 1.58. The summed E-state index contributed by atoms with van der Waals surface area (Å²) in [5.74, 6) is 2.31. The molecule has 0 amide bonds. The summed E-state index contributed by atoms with van der Waals surface area (Å²) in [4.78, 5) is 0. The molecule has 2 fully saturated rings. The summed E-state index contributed by atoms with van der Waals surface area (Å²) in [7, 11) is 0. The van der Waals surface area contributed by atoms with Crippen molar-refractivity contribution in [3.8, 4) is 0 Å². The summed E-state index contributed by atoms with van der Waals surface area (Å²) >= 11 is 0. The van der Waals surface area contributed by atoms with Crippen molar-refractivity contribution in [2.75, 3.05) is 0 Å². The fraction of sp³-hybridized carbons (Fsp3) is 1.00. The van der Waals surface area contributed by atoms with E-state index < -0.39 is 0 Å². The largest absolute Gasteiger partial charge is 0.0533 e. The predicted molar refractivity (Wildman–Crippen MR) is 43.9 cm³/mol. The van der Waals surface area contributed by atoms with Gasteiger partial charge in [-0.3, -0.25) is 0 Å². The van der Waals surface area contributed by atoms with Crippen LogP contribution < -0.4 is 0 Å². The zero-order valence-corrected chi connectivity index (χ0v) is 6.81. The van der Waals surface area contributed by atoms with Crippen LogP contribution in [0.1, 0.15) is 51.4 Å². The van der Waals surface area contributed by atoms with E-state index in [9.17, 15) is 0 Å². The first-order valence-corrected chi connectivity index (χ1v) is 4.95. The Morgan fingerprint density at radius 1 is 0.700 bits per heavy atom. The molecule has 0 bridgehead atoms. The van der Waals surface area contributed by atoms with Crippen molar-refractivity contribution < 1.29 is 0 Å². The van der Waals surface area contributed by atoms with Gasteiger partial charge in [0, 0.05) is 0 Å². The van der Waals surface area contributed by atoms with Crippen LogP contribution in [-0.4, -0.2) is 0 Å². The lowest BCUT2D eigenvalue weighted by Crippen LogP contribution is -2.06. The summed E-state index contributed by atoms with van der Waals surface area (Å²) in [6.07, 6.45) is 12.4. The first kappa shape index (κ1) is 6.69. The van der Waals surface area contributed by atoms with Crippen LogP contribution in [-0.2, 0) is 0 Å². The van der Waals surface area contributed by atoms with Gasteiger partial charge in [-0.25, -0.2) is 0 Å². The van der Waals surface area contributed by atoms with Crippen LogP contribution >= 0.6 is 0 Å². The summed E-state index contributed by atoms with van der Waals surface area (Å²) in [5, 5.41) is 0. The summed E-state index contributed by atoms with van der Waals surface area (Å²) < 4.78 is 0. The highest BCUT2D eigenvalue weighted by molar-refractivity contribution is 4.78. The van der Waals surface area contributed by atoms with Crippen LogP contribution in [0.15, 0.2) is 0 Å². The average Bonchev–Trinajstić information content (AvgIpc) is 2.74. The van der Waals surface area contributed by atoms with E-state index in [-0.39, 0.29) is 0 Å². The Bertz CT molecular complexity index is 96.6. The van der Waals surface area contributed by atoms with E-state index in [1.54, 1.807) is 32.1 Å². The van der Waals surface area contributed by atoms with E-state index in [0.29, 0.717) is 0 Å². The molecular formula is C10H18. The fourth-order valence-electron chi connectivity index (χ4n) is 2.25. The Morgan fingerprint density at radius 2 is 1.30 bits per heavy atom. The molecule has 2 aliphatic carbocycles. The monoisotopic (exact) mass is 138 g/mol. The fourth-order valence-corrected chi connectivity index (χ4v) is 2.25. The van der Waals surface area contributed by atoms with Crippen LogP contribution in [0.3, 0.4) is 0 Å². The Labute approximate surface area is 64.0 Å². The van der Waals surface area contributed by atoms with Gasteiger partial charge >= 0.3 is 0 Å². The van der Waals surface area contributed by atoms with Crippen molar-refractivity contribution in [1.29, 1.82) is 0 Å². The first-order valence-electron chi connectivity index (χ1n) is 4.95. The van der Waals surface area contributed by atoms with Gasteiger partial charge in [-0.1, -0.05) is 44.9 Å². The van der Waals surface area contributed by atoms with E-state index in [1.165, 1.54) is 25.2 Å². The van der Waals surface area contributed by atoms with E-state index in [2.05, 4.69) is 0 Å². The molecule has 0 saturated heterocycles. The predicted octanol–water partition coefficient (Wildman–Crippen LogP) is 3.37. The lowest BCUT2D eigenvalue weighted by atomic mass is 9.86. The highest BCUT2D eigenvalue weighted by atomic mass is 14.3. The smallest absolute Gasteiger partial charge is 0.0411 e. The summed E-state index contributed by atoms with van der Waals surface area (Å²) in [6, 6.07) is 0. The van der Waals surface area contributed by atoms with Crippen LogP contribution in [0.5, 0.6) is 0 Å². The topological polar surface area (TPSA) is 0 Å². The van der Waals surface area contributed by atoms with Gasteiger partial charge in [0.1, 0.15) is 0 Å². The molecule has 0 nitrogen and oxygen atoms in total. The molecule has 10 heavy (non-hydrogen) atoms. The molecule has 0 aromatic rings. The number of hydrogen-bond acceptors (Lipinski definition) is 0. The molecule has 0 heteroatoms. The van der Waals surface area contributed by atoms with Crippen molar-refractivity contribution in [3.63, 3.8) is 0 Å². The SMILES string of the molecule is C1CCC(CC2CC2)CC1. The maximum Gasteiger partial charge on any atom is -0.0411 e. The number of hydrogen-bond donors (Lipinski definition) is 0. The molecule has 0 unspecified atom stereocenters. The van der Waals surface area contributed by atoms with Crippen molar-refractivity contribution in [3.05, 3.63) is 0 Å². The maximum absolute atomic E-state index is 1.58. The van der Waals surface area contributed by atoms with Gasteiger partial charge in [0.15, 0.2) is 0 Å². The molecule has 58 valence electrons. The van der Waals surface area contributed by atoms with Gasteiger partial charge in [-0.2, -0.15) is 0 Å². The minimum atomic E-state index is 1.14. The van der Waals surface area contributed by atoms with Gasteiger partial charge < -0.3 is 0 Å². The highest BCUT2D eigenvalue weighted by Gasteiger charge is 2.25. The van der Waals surface area contributed by atoms with Crippen molar-refractivity contribution >= 4 is 0 Å². The third-order valence-corrected chi connectivity index (χ3v) is 3.09. The molecule has 0 aromatic heterocycles. The van der Waals surface area contributed by atoms with Crippen molar-refractivity contribution in [1.82, 2.24) is 0 Å². The van der Waals surface area contributed by atoms with E-state index in [4.69, 9.17) is 0 Å². The van der Waals surface area contributed by atoms with Gasteiger partial charge in [0.05, 0.1) is 0 Å². The van der Waals surface area contributed by atoms with Crippen LogP contribution in [0.4, 0.5) is 0 Å². The molecule has 0 N–H and O–H groups in total. The van der Waals surface area contributed by atoms with Crippen LogP contribution in [0, 0.1) is 11.8 Å². The minimum absolute atomic E-state index is 1.14. The second-order valence-corrected chi connectivity index (χ2v) is 4.18. The standard InChI is InChI=1S/C10H18/c1-2-4-9(5-3-1)8-10-6-7-10/h9-10H,1-8H2. The van der Waals surface area contributed by atoms with Crippen LogP contribution in [0.25, 0.3) is 0 Å². The van der Waals surface area contributed by atoms with Crippen LogP contribution in [0.2, 0.25) is 0 Å². The number of rotatable bonds is 2. The summed E-state index contributed by atoms with van der Waals surface area (Å²) in [5.41, 5.74) is 0. The molecule has 0 radical (unpaired) electrons. The highest BCUT2D eigenvalue weighted by Crippen LogP contribution is 2.39. The first-order chi connectivity index (χ1) is 4.95. The molecule has 0 heterocycles. The quantitative estimate of drug-likeness (QED) is 0.549. The van der Waals surface area contributed by atoms with Crippen molar-refractivity contribution in [2.24, 2.45) is 11.8 Å². The molecule has 0 atom stereocenters. The van der Waals surface area contributed by atoms with E-state index in [1.807, 2.05) is 0 Å². The second kappa shape index (κ2) is 2.94. The summed E-state index contributed by atoms with van der Waals surface area (Å²) in [6.45, 7) is 0. The molecule has 0 spiro atoms. The zero-order valence-electron chi connectivity index (χ0n) is 6.81.